The molecule has 1 amide bonds. The molecule has 0 unspecified atom stereocenters. The Hall–Kier alpha value is -1.36. The van der Waals surface area contributed by atoms with Crippen molar-refractivity contribution in [3.8, 4) is 0 Å². The predicted octanol–water partition coefficient (Wildman–Crippen LogP) is 1.82. The third-order valence-corrected chi connectivity index (χ3v) is 5.59. The van der Waals surface area contributed by atoms with Crippen LogP contribution >= 0.6 is 0 Å². The van der Waals surface area contributed by atoms with E-state index in [0.29, 0.717) is 6.42 Å². The molecule has 0 saturated carbocycles. The molecule has 106 valence electrons. The van der Waals surface area contributed by atoms with E-state index in [2.05, 4.69) is 0 Å². The Labute approximate surface area is 114 Å². The summed E-state index contributed by atoms with van der Waals surface area (Å²) in [5, 5.41) is 0. The molecule has 1 aromatic rings. The van der Waals surface area contributed by atoms with Crippen LogP contribution in [0.2, 0.25) is 0 Å². The second-order valence-corrected chi connectivity index (χ2v) is 8.35. The van der Waals surface area contributed by atoms with Gasteiger partial charge in [0.05, 0.1) is 10.5 Å². The van der Waals surface area contributed by atoms with Gasteiger partial charge in [0.1, 0.15) is 0 Å². The number of sulfone groups is 1. The van der Waals surface area contributed by atoms with Crippen molar-refractivity contribution < 1.29 is 13.2 Å². The van der Waals surface area contributed by atoms with Crippen molar-refractivity contribution in [2.24, 2.45) is 5.73 Å². The third-order valence-electron chi connectivity index (χ3n) is 3.04. The lowest BCUT2D eigenvalue weighted by atomic mass is 10.0. The van der Waals surface area contributed by atoms with Crippen LogP contribution in [0.4, 0.5) is 0 Å². The van der Waals surface area contributed by atoms with Gasteiger partial charge in [0, 0.05) is 6.42 Å². The van der Waals surface area contributed by atoms with Gasteiger partial charge in [-0.2, -0.15) is 0 Å². The topological polar surface area (TPSA) is 77.2 Å². The normalized spacial score (nSPS) is 12.4. The Balaban J connectivity index is 2.99. The maximum Gasteiger partial charge on any atom is 0.217 e. The Morgan fingerprint density at radius 3 is 2.16 bits per heavy atom. The summed E-state index contributed by atoms with van der Waals surface area (Å²) in [4.78, 5) is 10.8. The Kier molecular flexibility index (Phi) is 4.74. The lowest BCUT2D eigenvalue weighted by Gasteiger charge is -2.20. The summed E-state index contributed by atoms with van der Waals surface area (Å²) < 4.78 is 23.7. The Morgan fingerprint density at radius 2 is 1.68 bits per heavy atom. The van der Waals surface area contributed by atoms with Gasteiger partial charge in [-0.3, -0.25) is 4.79 Å². The first-order valence-corrected chi connectivity index (χ1v) is 7.86. The van der Waals surface area contributed by atoms with E-state index in [1.807, 2.05) is 12.1 Å². The zero-order valence-electron chi connectivity index (χ0n) is 11.6. The van der Waals surface area contributed by atoms with Gasteiger partial charge < -0.3 is 5.73 Å². The molecule has 0 aliphatic rings. The zero-order valence-corrected chi connectivity index (χ0v) is 12.5. The number of nitrogens with two attached hydrogens (primary N) is 1. The predicted molar refractivity (Wildman–Crippen MR) is 76.3 cm³/mol. The van der Waals surface area contributed by atoms with Gasteiger partial charge in [-0.15, -0.1) is 0 Å². The van der Waals surface area contributed by atoms with Crippen molar-refractivity contribution in [2.75, 3.05) is 0 Å². The average Bonchev–Trinajstić information content (AvgIpc) is 2.25. The van der Waals surface area contributed by atoms with E-state index >= 15 is 0 Å². The van der Waals surface area contributed by atoms with Crippen LogP contribution < -0.4 is 5.73 Å². The molecule has 0 aliphatic heterocycles. The number of amides is 1. The fourth-order valence-corrected chi connectivity index (χ4v) is 2.75. The summed E-state index contributed by atoms with van der Waals surface area (Å²) in [6.07, 6.45) is 0.706. The van der Waals surface area contributed by atoms with Crippen LogP contribution in [0.1, 0.15) is 38.3 Å². The Bertz CT molecular complexity index is 556. The number of hydrogen-bond acceptors (Lipinski definition) is 3. The van der Waals surface area contributed by atoms with Crippen molar-refractivity contribution in [1.82, 2.24) is 0 Å². The number of benzene rings is 1. The third kappa shape index (κ3) is 4.35. The summed E-state index contributed by atoms with van der Waals surface area (Å²) in [6.45, 7) is 5.07. The molecule has 0 aliphatic carbocycles. The molecule has 0 heterocycles. The highest BCUT2D eigenvalue weighted by Gasteiger charge is 2.29. The Morgan fingerprint density at radius 1 is 1.16 bits per heavy atom. The van der Waals surface area contributed by atoms with Crippen LogP contribution in [0.15, 0.2) is 24.3 Å². The minimum absolute atomic E-state index is 0.00850. The molecule has 0 saturated heterocycles. The number of primary amides is 1. The van der Waals surface area contributed by atoms with Crippen LogP contribution in [-0.4, -0.2) is 19.1 Å². The highest BCUT2D eigenvalue weighted by Crippen LogP contribution is 2.23. The summed E-state index contributed by atoms with van der Waals surface area (Å²) in [6, 6.07) is 7.28. The first-order chi connectivity index (χ1) is 8.63. The van der Waals surface area contributed by atoms with Gasteiger partial charge in [0.15, 0.2) is 9.84 Å². The van der Waals surface area contributed by atoms with Crippen molar-refractivity contribution in [2.45, 2.75) is 44.1 Å². The van der Waals surface area contributed by atoms with E-state index in [-0.39, 0.29) is 18.1 Å². The fraction of sp³-hybridized carbons (Fsp3) is 0.500. The minimum Gasteiger partial charge on any atom is -0.370 e. The highest BCUT2D eigenvalue weighted by atomic mass is 32.2. The molecule has 5 heteroatoms. The maximum absolute atomic E-state index is 12.2. The molecule has 4 nitrogen and oxygen atoms in total. The number of hydrogen-bond donors (Lipinski definition) is 1. The minimum atomic E-state index is -3.23. The van der Waals surface area contributed by atoms with Gasteiger partial charge in [0.25, 0.3) is 0 Å². The molecule has 0 atom stereocenters. The maximum atomic E-state index is 12.2. The molecule has 0 aromatic heterocycles. The molecule has 0 bridgehead atoms. The first-order valence-electron chi connectivity index (χ1n) is 6.21. The van der Waals surface area contributed by atoms with Crippen molar-refractivity contribution >= 4 is 15.7 Å². The molecule has 1 rings (SSSR count). The molecule has 0 radical (unpaired) electrons. The molecule has 0 fully saturated rings. The molecule has 19 heavy (non-hydrogen) atoms. The fourth-order valence-electron chi connectivity index (χ4n) is 1.62. The van der Waals surface area contributed by atoms with Crippen LogP contribution in [-0.2, 0) is 26.8 Å². The number of aryl methyl sites for hydroxylation is 1. The van der Waals surface area contributed by atoms with Crippen LogP contribution in [0.25, 0.3) is 0 Å². The highest BCUT2D eigenvalue weighted by molar-refractivity contribution is 7.91. The quantitative estimate of drug-likeness (QED) is 0.895. The largest absolute Gasteiger partial charge is 0.370 e. The summed E-state index contributed by atoms with van der Waals surface area (Å²) in [7, 11) is -3.23. The standard InChI is InChI=1S/C14H21NO3S/c1-14(2,3)19(17,18)10-12-7-5-4-6-11(12)8-9-13(15)16/h4-7H,8-10H2,1-3H3,(H2,15,16). The second kappa shape index (κ2) is 5.74. The van der Waals surface area contributed by atoms with Crippen LogP contribution in [0.3, 0.4) is 0 Å². The van der Waals surface area contributed by atoms with Gasteiger partial charge in [-0.25, -0.2) is 8.42 Å². The smallest absolute Gasteiger partial charge is 0.217 e. The second-order valence-electron chi connectivity index (χ2n) is 5.61. The zero-order chi connectivity index (χ0) is 14.7. The number of carbonyl (C=O) groups is 1. The number of rotatable bonds is 5. The van der Waals surface area contributed by atoms with Crippen molar-refractivity contribution in [3.63, 3.8) is 0 Å². The lowest BCUT2D eigenvalue weighted by Crippen LogP contribution is -2.29. The van der Waals surface area contributed by atoms with Gasteiger partial charge >= 0.3 is 0 Å². The van der Waals surface area contributed by atoms with Gasteiger partial charge in [-0.1, -0.05) is 24.3 Å². The van der Waals surface area contributed by atoms with E-state index < -0.39 is 14.6 Å². The van der Waals surface area contributed by atoms with E-state index in [1.54, 1.807) is 32.9 Å². The molecular formula is C14H21NO3S. The molecule has 0 spiro atoms. The lowest BCUT2D eigenvalue weighted by molar-refractivity contribution is -0.117. The summed E-state index contributed by atoms with van der Waals surface area (Å²) >= 11 is 0. The van der Waals surface area contributed by atoms with Crippen LogP contribution in [0.5, 0.6) is 0 Å². The molecule has 1 aromatic carbocycles. The molecular weight excluding hydrogens is 262 g/mol. The summed E-state index contributed by atoms with van der Waals surface area (Å²) in [5.74, 6) is -0.390. The van der Waals surface area contributed by atoms with Gasteiger partial charge in [0.2, 0.25) is 5.91 Å². The first kappa shape index (κ1) is 15.7. The molecule has 2 N–H and O–H groups in total. The van der Waals surface area contributed by atoms with Crippen molar-refractivity contribution in [3.05, 3.63) is 35.4 Å². The monoisotopic (exact) mass is 283 g/mol. The number of carbonyl (C=O) groups excluding carboxylic acids is 1. The van der Waals surface area contributed by atoms with E-state index in [1.165, 1.54) is 0 Å². The van der Waals surface area contributed by atoms with E-state index in [9.17, 15) is 13.2 Å². The van der Waals surface area contributed by atoms with Gasteiger partial charge in [-0.05, 0) is 38.3 Å². The van der Waals surface area contributed by atoms with Crippen LogP contribution in [0, 0.1) is 0 Å². The summed E-state index contributed by atoms with van der Waals surface area (Å²) in [5.41, 5.74) is 6.75. The SMILES string of the molecule is CC(C)(C)S(=O)(=O)Cc1ccccc1CCC(N)=O. The van der Waals surface area contributed by atoms with E-state index in [0.717, 1.165) is 11.1 Å². The average molecular weight is 283 g/mol. The van der Waals surface area contributed by atoms with Crippen molar-refractivity contribution in [1.29, 1.82) is 0 Å². The van der Waals surface area contributed by atoms with E-state index in [4.69, 9.17) is 5.73 Å².